The van der Waals surface area contributed by atoms with Gasteiger partial charge in [0.05, 0.1) is 0 Å². The van der Waals surface area contributed by atoms with E-state index in [1.807, 2.05) is 45.0 Å². The van der Waals surface area contributed by atoms with E-state index in [4.69, 9.17) is 15.0 Å². The van der Waals surface area contributed by atoms with Crippen molar-refractivity contribution in [3.63, 3.8) is 0 Å². The second-order valence-corrected chi connectivity index (χ2v) is 5.28. The van der Waals surface area contributed by atoms with Crippen molar-refractivity contribution in [2.24, 2.45) is 5.73 Å². The fraction of sp³-hybridized carbons (Fsp3) is 0.467. The molecule has 5 nitrogen and oxygen atoms in total. The summed E-state index contributed by atoms with van der Waals surface area (Å²) in [7, 11) is 0. The van der Waals surface area contributed by atoms with Gasteiger partial charge in [0.25, 0.3) is 5.89 Å². The second kappa shape index (κ2) is 6.52. The first-order valence-corrected chi connectivity index (χ1v) is 6.85. The predicted octanol–water partition coefficient (Wildman–Crippen LogP) is 2.66. The van der Waals surface area contributed by atoms with Crippen LogP contribution in [0.3, 0.4) is 0 Å². The van der Waals surface area contributed by atoms with E-state index < -0.39 is 0 Å². The third kappa shape index (κ3) is 3.81. The van der Waals surface area contributed by atoms with Crippen LogP contribution in [0.4, 0.5) is 0 Å². The summed E-state index contributed by atoms with van der Waals surface area (Å²) in [6, 6.07) is 7.96. The van der Waals surface area contributed by atoms with Gasteiger partial charge in [0.1, 0.15) is 5.75 Å². The molecule has 0 aliphatic rings. The summed E-state index contributed by atoms with van der Waals surface area (Å²) in [6.07, 6.45) is 0.775. The van der Waals surface area contributed by atoms with E-state index in [2.05, 4.69) is 10.1 Å². The molecule has 0 amide bonds. The normalized spacial score (nSPS) is 12.7. The van der Waals surface area contributed by atoms with Crippen LogP contribution in [0.5, 0.6) is 5.75 Å². The highest BCUT2D eigenvalue weighted by Crippen LogP contribution is 2.20. The van der Waals surface area contributed by atoms with Crippen LogP contribution in [0.1, 0.15) is 44.0 Å². The highest BCUT2D eigenvalue weighted by molar-refractivity contribution is 5.33. The summed E-state index contributed by atoms with van der Waals surface area (Å²) in [5.74, 6) is 2.25. The highest BCUT2D eigenvalue weighted by atomic mass is 16.5. The maximum Gasteiger partial charge on any atom is 0.264 e. The maximum atomic E-state index is 5.84. The van der Waals surface area contributed by atoms with Gasteiger partial charge in [-0.15, -0.1) is 0 Å². The molecule has 2 N–H and O–H groups in total. The molecule has 0 aliphatic heterocycles. The fourth-order valence-corrected chi connectivity index (χ4v) is 1.86. The van der Waals surface area contributed by atoms with Crippen molar-refractivity contribution in [2.75, 3.05) is 0 Å². The van der Waals surface area contributed by atoms with Gasteiger partial charge in [-0.1, -0.05) is 37.2 Å². The molecule has 2 aromatic rings. The molecule has 5 heteroatoms. The summed E-state index contributed by atoms with van der Waals surface area (Å²) >= 11 is 0. The summed E-state index contributed by atoms with van der Waals surface area (Å²) in [5.41, 5.74) is 6.93. The molecule has 1 atom stereocenters. The molecular formula is C15H21N3O2. The van der Waals surface area contributed by atoms with Gasteiger partial charge in [-0.25, -0.2) is 0 Å². The first-order valence-electron chi connectivity index (χ1n) is 6.85. The number of nitrogens with zero attached hydrogens (tertiary/aromatic N) is 2. The van der Waals surface area contributed by atoms with E-state index in [0.29, 0.717) is 11.7 Å². The van der Waals surface area contributed by atoms with Crippen molar-refractivity contribution in [1.29, 1.82) is 0 Å². The first kappa shape index (κ1) is 14.5. The van der Waals surface area contributed by atoms with Gasteiger partial charge in [-0.3, -0.25) is 0 Å². The lowest BCUT2D eigenvalue weighted by atomic mass is 10.1. The summed E-state index contributed by atoms with van der Waals surface area (Å²) < 4.78 is 10.9. The smallest absolute Gasteiger partial charge is 0.264 e. The van der Waals surface area contributed by atoms with Crippen LogP contribution in [0.15, 0.2) is 28.8 Å². The minimum absolute atomic E-state index is 0.0932. The molecule has 1 aromatic heterocycles. The Bertz CT molecular complexity index is 550. The van der Waals surface area contributed by atoms with Gasteiger partial charge < -0.3 is 15.0 Å². The Balaban J connectivity index is 2.02. The summed E-state index contributed by atoms with van der Waals surface area (Å²) in [4.78, 5) is 4.29. The zero-order chi connectivity index (χ0) is 14.5. The van der Waals surface area contributed by atoms with Crippen molar-refractivity contribution in [2.45, 2.75) is 45.8 Å². The lowest BCUT2D eigenvalue weighted by Gasteiger charge is -2.11. The Morgan fingerprint density at radius 2 is 2.00 bits per heavy atom. The molecule has 0 spiro atoms. The van der Waals surface area contributed by atoms with E-state index in [-0.39, 0.29) is 18.6 Å². The first-order chi connectivity index (χ1) is 9.56. The molecule has 2 rings (SSSR count). The summed E-state index contributed by atoms with van der Waals surface area (Å²) in [6.45, 7) is 6.29. The average molecular weight is 275 g/mol. The molecule has 20 heavy (non-hydrogen) atoms. The second-order valence-electron chi connectivity index (χ2n) is 5.28. The maximum absolute atomic E-state index is 5.84. The molecule has 0 bridgehead atoms. The zero-order valence-electron chi connectivity index (χ0n) is 12.2. The number of para-hydroxylation sites is 1. The Morgan fingerprint density at radius 1 is 1.25 bits per heavy atom. The van der Waals surface area contributed by atoms with Gasteiger partial charge >= 0.3 is 0 Å². The third-order valence-corrected chi connectivity index (χ3v) is 2.87. The molecule has 1 aromatic carbocycles. The molecule has 108 valence electrons. The highest BCUT2D eigenvalue weighted by Gasteiger charge is 2.11. The largest absolute Gasteiger partial charge is 0.483 e. The van der Waals surface area contributed by atoms with Crippen LogP contribution in [0, 0.1) is 0 Å². The van der Waals surface area contributed by atoms with Crippen molar-refractivity contribution in [1.82, 2.24) is 10.1 Å². The number of benzene rings is 1. The molecule has 0 saturated carbocycles. The molecular weight excluding hydrogens is 254 g/mol. The number of hydrogen-bond acceptors (Lipinski definition) is 5. The number of aromatic nitrogens is 2. The Kier molecular flexibility index (Phi) is 4.74. The zero-order valence-corrected chi connectivity index (χ0v) is 12.2. The van der Waals surface area contributed by atoms with Gasteiger partial charge in [0.15, 0.2) is 12.4 Å². The lowest BCUT2D eigenvalue weighted by Crippen LogP contribution is -2.18. The van der Waals surface area contributed by atoms with E-state index in [9.17, 15) is 0 Å². The Labute approximate surface area is 119 Å². The average Bonchev–Trinajstić information content (AvgIpc) is 2.86. The molecule has 0 aliphatic carbocycles. The fourth-order valence-electron chi connectivity index (χ4n) is 1.86. The monoisotopic (exact) mass is 275 g/mol. The van der Waals surface area contributed by atoms with Crippen LogP contribution < -0.4 is 10.5 Å². The van der Waals surface area contributed by atoms with E-state index >= 15 is 0 Å². The van der Waals surface area contributed by atoms with E-state index in [1.165, 1.54) is 0 Å². The van der Waals surface area contributed by atoms with Crippen LogP contribution >= 0.6 is 0 Å². The van der Waals surface area contributed by atoms with Crippen molar-refractivity contribution < 1.29 is 9.26 Å². The van der Waals surface area contributed by atoms with Gasteiger partial charge in [0, 0.05) is 12.0 Å². The standard InChI is InChI=1S/C15H21N3O2/c1-10(2)15-17-14(20-18-15)9-19-13-7-5-4-6-12(13)8-11(3)16/h4-7,10-11H,8-9,16H2,1-3H3. The van der Waals surface area contributed by atoms with Crippen molar-refractivity contribution in [3.05, 3.63) is 41.5 Å². The van der Waals surface area contributed by atoms with Gasteiger partial charge in [0.2, 0.25) is 0 Å². The van der Waals surface area contributed by atoms with Crippen molar-refractivity contribution in [3.8, 4) is 5.75 Å². The van der Waals surface area contributed by atoms with Crippen LogP contribution in [-0.2, 0) is 13.0 Å². The van der Waals surface area contributed by atoms with E-state index in [1.54, 1.807) is 0 Å². The van der Waals surface area contributed by atoms with Crippen LogP contribution in [0.25, 0.3) is 0 Å². The SMILES string of the molecule is CC(N)Cc1ccccc1OCc1nc(C(C)C)no1. The number of ether oxygens (including phenoxy) is 1. The Morgan fingerprint density at radius 3 is 2.65 bits per heavy atom. The Hall–Kier alpha value is -1.88. The third-order valence-electron chi connectivity index (χ3n) is 2.87. The molecule has 1 unspecified atom stereocenters. The predicted molar refractivity (Wildman–Crippen MR) is 76.5 cm³/mol. The van der Waals surface area contributed by atoms with Crippen LogP contribution in [-0.4, -0.2) is 16.2 Å². The minimum atomic E-state index is 0.0932. The lowest BCUT2D eigenvalue weighted by molar-refractivity contribution is 0.240. The molecule has 1 heterocycles. The van der Waals surface area contributed by atoms with E-state index in [0.717, 1.165) is 17.7 Å². The number of nitrogens with two attached hydrogens (primary N) is 1. The van der Waals surface area contributed by atoms with Crippen molar-refractivity contribution >= 4 is 0 Å². The van der Waals surface area contributed by atoms with Crippen LogP contribution in [0.2, 0.25) is 0 Å². The minimum Gasteiger partial charge on any atom is -0.483 e. The summed E-state index contributed by atoms with van der Waals surface area (Å²) in [5, 5.41) is 3.91. The number of hydrogen-bond donors (Lipinski definition) is 1. The molecule has 0 fully saturated rings. The number of rotatable bonds is 6. The van der Waals surface area contributed by atoms with Gasteiger partial charge in [-0.2, -0.15) is 4.98 Å². The topological polar surface area (TPSA) is 74.2 Å². The van der Waals surface area contributed by atoms with Gasteiger partial charge in [-0.05, 0) is 25.0 Å². The quantitative estimate of drug-likeness (QED) is 0.877. The molecule has 0 saturated heterocycles. The molecule has 0 radical (unpaired) electrons.